The summed E-state index contributed by atoms with van der Waals surface area (Å²) >= 11 is 0. The highest BCUT2D eigenvalue weighted by atomic mass is 16.4. The van der Waals surface area contributed by atoms with Gasteiger partial charge in [0.1, 0.15) is 0 Å². The number of rotatable bonds is 4. The van der Waals surface area contributed by atoms with Crippen LogP contribution in [0, 0.1) is 5.41 Å². The standard InChI is InChI=1S/C15H21N3O3/c1-2-7-15(13(19)20)8-9-18(10-15)14(21)17-12-6-4-3-5-11(12)16/h3-6H,2,7-10,16H2,1H3,(H,17,21)(H,19,20). The fraction of sp³-hybridized carbons (Fsp3) is 0.467. The Morgan fingerprint density at radius 3 is 2.76 bits per heavy atom. The highest BCUT2D eigenvalue weighted by Gasteiger charge is 2.45. The molecule has 1 aromatic carbocycles. The van der Waals surface area contributed by atoms with E-state index in [2.05, 4.69) is 5.32 Å². The van der Waals surface area contributed by atoms with E-state index in [1.807, 2.05) is 6.92 Å². The number of carbonyl (C=O) groups is 2. The van der Waals surface area contributed by atoms with E-state index in [0.29, 0.717) is 30.8 Å². The zero-order chi connectivity index (χ0) is 15.5. The number of nitrogens with two attached hydrogens (primary N) is 1. The second-order valence-electron chi connectivity index (χ2n) is 5.52. The minimum absolute atomic E-state index is 0.245. The molecule has 1 aliphatic heterocycles. The van der Waals surface area contributed by atoms with Crippen LogP contribution < -0.4 is 11.1 Å². The Hall–Kier alpha value is -2.24. The molecule has 0 spiro atoms. The summed E-state index contributed by atoms with van der Waals surface area (Å²) in [5.74, 6) is -0.820. The lowest BCUT2D eigenvalue weighted by atomic mass is 9.83. The zero-order valence-electron chi connectivity index (χ0n) is 12.1. The molecule has 2 rings (SSSR count). The Kier molecular flexibility index (Phi) is 4.35. The molecule has 1 atom stereocenters. The Morgan fingerprint density at radius 1 is 1.43 bits per heavy atom. The van der Waals surface area contributed by atoms with Gasteiger partial charge in [-0.05, 0) is 25.0 Å². The molecule has 1 heterocycles. The fourth-order valence-corrected chi connectivity index (χ4v) is 2.81. The normalized spacial score (nSPS) is 21.3. The van der Waals surface area contributed by atoms with Crippen molar-refractivity contribution in [3.63, 3.8) is 0 Å². The summed E-state index contributed by atoms with van der Waals surface area (Å²) in [6, 6.07) is 6.71. The Morgan fingerprint density at radius 2 is 2.14 bits per heavy atom. The van der Waals surface area contributed by atoms with Gasteiger partial charge in [0.15, 0.2) is 0 Å². The van der Waals surface area contributed by atoms with Gasteiger partial charge in [0.2, 0.25) is 0 Å². The maximum atomic E-state index is 12.2. The van der Waals surface area contributed by atoms with Crippen LogP contribution >= 0.6 is 0 Å². The van der Waals surface area contributed by atoms with Crippen molar-refractivity contribution in [2.75, 3.05) is 24.1 Å². The monoisotopic (exact) mass is 291 g/mol. The first kappa shape index (κ1) is 15.2. The highest BCUT2D eigenvalue weighted by Crippen LogP contribution is 2.35. The maximum Gasteiger partial charge on any atom is 0.321 e. The van der Waals surface area contributed by atoms with Crippen molar-refractivity contribution in [2.45, 2.75) is 26.2 Å². The number of nitrogens with one attached hydrogen (secondary N) is 1. The molecule has 1 saturated heterocycles. The smallest absolute Gasteiger partial charge is 0.321 e. The van der Waals surface area contributed by atoms with E-state index < -0.39 is 11.4 Å². The zero-order valence-corrected chi connectivity index (χ0v) is 12.1. The van der Waals surface area contributed by atoms with E-state index in [-0.39, 0.29) is 12.6 Å². The van der Waals surface area contributed by atoms with Crippen molar-refractivity contribution in [3.05, 3.63) is 24.3 Å². The van der Waals surface area contributed by atoms with Gasteiger partial charge in [0, 0.05) is 13.1 Å². The van der Waals surface area contributed by atoms with Crippen LogP contribution in [0.5, 0.6) is 0 Å². The average molecular weight is 291 g/mol. The van der Waals surface area contributed by atoms with E-state index in [1.165, 1.54) is 0 Å². The Balaban J connectivity index is 2.05. The number of carboxylic acid groups (broad SMARTS) is 1. The summed E-state index contributed by atoms with van der Waals surface area (Å²) in [7, 11) is 0. The first-order chi connectivity index (χ1) is 9.98. The molecule has 1 fully saturated rings. The summed E-state index contributed by atoms with van der Waals surface area (Å²) in [4.78, 5) is 25.3. The van der Waals surface area contributed by atoms with Crippen molar-refractivity contribution in [1.29, 1.82) is 0 Å². The molecule has 21 heavy (non-hydrogen) atoms. The summed E-state index contributed by atoms with van der Waals surface area (Å²) in [5, 5.41) is 12.2. The number of amides is 2. The lowest BCUT2D eigenvalue weighted by Gasteiger charge is -2.24. The second kappa shape index (κ2) is 6.03. The van der Waals surface area contributed by atoms with E-state index in [4.69, 9.17) is 5.73 Å². The predicted molar refractivity (Wildman–Crippen MR) is 81.0 cm³/mol. The van der Waals surface area contributed by atoms with E-state index in [9.17, 15) is 14.7 Å². The number of carboxylic acids is 1. The highest BCUT2D eigenvalue weighted by molar-refractivity contribution is 5.93. The minimum Gasteiger partial charge on any atom is -0.481 e. The number of likely N-dealkylation sites (tertiary alicyclic amines) is 1. The third kappa shape index (κ3) is 3.09. The fourth-order valence-electron chi connectivity index (χ4n) is 2.81. The maximum absolute atomic E-state index is 12.2. The van der Waals surface area contributed by atoms with Gasteiger partial charge in [0.25, 0.3) is 0 Å². The minimum atomic E-state index is -0.820. The second-order valence-corrected chi connectivity index (χ2v) is 5.52. The quantitative estimate of drug-likeness (QED) is 0.742. The average Bonchev–Trinajstić information content (AvgIpc) is 2.87. The van der Waals surface area contributed by atoms with E-state index in [0.717, 1.165) is 6.42 Å². The largest absolute Gasteiger partial charge is 0.481 e. The molecule has 114 valence electrons. The molecule has 2 amide bonds. The van der Waals surface area contributed by atoms with Crippen LogP contribution in [0.15, 0.2) is 24.3 Å². The van der Waals surface area contributed by atoms with Crippen LogP contribution in [0.4, 0.5) is 16.2 Å². The number of urea groups is 1. The van der Waals surface area contributed by atoms with Gasteiger partial charge < -0.3 is 21.1 Å². The summed E-state index contributed by atoms with van der Waals surface area (Å²) in [5.41, 5.74) is 6.01. The molecular formula is C15H21N3O3. The molecule has 6 nitrogen and oxygen atoms in total. The van der Waals surface area contributed by atoms with Crippen molar-refractivity contribution >= 4 is 23.4 Å². The van der Waals surface area contributed by atoms with Crippen LogP contribution in [0.1, 0.15) is 26.2 Å². The number of carbonyl (C=O) groups excluding carboxylic acids is 1. The molecule has 0 radical (unpaired) electrons. The van der Waals surface area contributed by atoms with Crippen LogP contribution in [0.2, 0.25) is 0 Å². The van der Waals surface area contributed by atoms with Gasteiger partial charge in [-0.1, -0.05) is 25.5 Å². The number of hydrogen-bond donors (Lipinski definition) is 3. The topological polar surface area (TPSA) is 95.7 Å². The lowest BCUT2D eigenvalue weighted by Crippen LogP contribution is -2.38. The summed E-state index contributed by atoms with van der Waals surface area (Å²) < 4.78 is 0. The molecule has 6 heteroatoms. The first-order valence-electron chi connectivity index (χ1n) is 7.12. The summed E-state index contributed by atoms with van der Waals surface area (Å²) in [6.45, 7) is 2.65. The van der Waals surface area contributed by atoms with Gasteiger partial charge in [-0.3, -0.25) is 4.79 Å². The van der Waals surface area contributed by atoms with Gasteiger partial charge in [-0.2, -0.15) is 0 Å². The summed E-state index contributed by atoms with van der Waals surface area (Å²) in [6.07, 6.45) is 1.86. The SMILES string of the molecule is CCCC1(C(=O)O)CCN(C(=O)Nc2ccccc2N)C1. The van der Waals surface area contributed by atoms with Crippen molar-refractivity contribution in [2.24, 2.45) is 5.41 Å². The number of aliphatic carboxylic acids is 1. The van der Waals surface area contributed by atoms with Gasteiger partial charge in [-0.25, -0.2) is 4.79 Å². The van der Waals surface area contributed by atoms with Gasteiger partial charge in [0.05, 0.1) is 16.8 Å². The molecule has 1 aliphatic rings. The number of benzene rings is 1. The number of nitrogens with zero attached hydrogens (tertiary/aromatic N) is 1. The molecule has 0 aliphatic carbocycles. The van der Waals surface area contributed by atoms with Crippen molar-refractivity contribution in [3.8, 4) is 0 Å². The molecule has 0 aromatic heterocycles. The van der Waals surface area contributed by atoms with E-state index >= 15 is 0 Å². The first-order valence-corrected chi connectivity index (χ1v) is 7.12. The third-order valence-electron chi connectivity index (χ3n) is 4.03. The van der Waals surface area contributed by atoms with Crippen LogP contribution in [0.3, 0.4) is 0 Å². The van der Waals surface area contributed by atoms with Crippen molar-refractivity contribution < 1.29 is 14.7 Å². The third-order valence-corrected chi connectivity index (χ3v) is 4.03. The number of hydrogen-bond acceptors (Lipinski definition) is 3. The van der Waals surface area contributed by atoms with Gasteiger partial charge >= 0.3 is 12.0 Å². The number of anilines is 2. The van der Waals surface area contributed by atoms with Gasteiger partial charge in [-0.15, -0.1) is 0 Å². The van der Waals surface area contributed by atoms with Crippen molar-refractivity contribution in [1.82, 2.24) is 4.90 Å². The molecule has 1 aromatic rings. The predicted octanol–water partition coefficient (Wildman–Crippen LogP) is 2.38. The van der Waals surface area contributed by atoms with E-state index in [1.54, 1.807) is 29.2 Å². The Bertz CT molecular complexity index is 547. The number of para-hydroxylation sites is 2. The molecule has 4 N–H and O–H groups in total. The molecule has 0 bridgehead atoms. The lowest BCUT2D eigenvalue weighted by molar-refractivity contribution is -0.148. The molecule has 1 unspecified atom stereocenters. The van der Waals surface area contributed by atoms with Crippen LogP contribution in [0.25, 0.3) is 0 Å². The van der Waals surface area contributed by atoms with Crippen LogP contribution in [-0.4, -0.2) is 35.1 Å². The molecular weight excluding hydrogens is 270 g/mol. The molecule has 0 saturated carbocycles. The van der Waals surface area contributed by atoms with Crippen LogP contribution in [-0.2, 0) is 4.79 Å². The number of nitrogen functional groups attached to an aromatic ring is 1. The Labute approximate surface area is 123 Å².